The molecule has 1 aromatic rings. The predicted octanol–water partition coefficient (Wildman–Crippen LogP) is 4.41. The summed E-state index contributed by atoms with van der Waals surface area (Å²) >= 11 is 5.90. The van der Waals surface area contributed by atoms with Gasteiger partial charge < -0.3 is 4.74 Å². The van der Waals surface area contributed by atoms with Gasteiger partial charge in [0.15, 0.2) is 5.78 Å². The van der Waals surface area contributed by atoms with E-state index in [2.05, 4.69) is 13.8 Å². The Kier molecular flexibility index (Phi) is 5.21. The third kappa shape index (κ3) is 3.74. The third-order valence-corrected chi connectivity index (χ3v) is 2.86. The Morgan fingerprint density at radius 1 is 1.17 bits per heavy atom. The highest BCUT2D eigenvalue weighted by atomic mass is 35.5. The first kappa shape index (κ1) is 15.0. The van der Waals surface area contributed by atoms with Gasteiger partial charge in [-0.3, -0.25) is 4.79 Å². The van der Waals surface area contributed by atoms with Gasteiger partial charge in [0.25, 0.3) is 0 Å². The van der Waals surface area contributed by atoms with Crippen LogP contribution in [0.5, 0.6) is 5.75 Å². The predicted molar refractivity (Wildman–Crippen MR) is 75.9 cm³/mol. The minimum Gasteiger partial charge on any atom is -0.490 e. The monoisotopic (exact) mass is 268 g/mol. The lowest BCUT2D eigenvalue weighted by atomic mass is 9.97. The van der Waals surface area contributed by atoms with Gasteiger partial charge in [0.1, 0.15) is 5.75 Å². The van der Waals surface area contributed by atoms with E-state index in [1.54, 1.807) is 6.92 Å². The van der Waals surface area contributed by atoms with Crippen LogP contribution in [0.4, 0.5) is 0 Å². The van der Waals surface area contributed by atoms with Crippen molar-refractivity contribution in [3.63, 3.8) is 0 Å². The molecule has 0 bridgehead atoms. The first-order valence-electron chi connectivity index (χ1n) is 6.31. The maximum atomic E-state index is 12.1. The number of ether oxygens (including phenoxy) is 1. The number of hydrogen-bond donors (Lipinski definition) is 0. The zero-order chi connectivity index (χ0) is 13.9. The van der Waals surface area contributed by atoms with Crippen molar-refractivity contribution in [1.82, 2.24) is 0 Å². The Hall–Kier alpha value is -1.02. The maximum absolute atomic E-state index is 12.1. The molecule has 0 saturated carbocycles. The molecule has 0 fully saturated rings. The van der Waals surface area contributed by atoms with Crippen LogP contribution in [0, 0.1) is 0 Å². The minimum atomic E-state index is -0.540. The summed E-state index contributed by atoms with van der Waals surface area (Å²) in [6, 6.07) is 5.75. The number of carbonyl (C=O) groups is 1. The van der Waals surface area contributed by atoms with Crippen LogP contribution in [0.15, 0.2) is 18.2 Å². The molecule has 0 N–H and O–H groups in total. The smallest absolute Gasteiger partial charge is 0.184 e. The summed E-state index contributed by atoms with van der Waals surface area (Å²) in [6.45, 7) is 9.75. The number of carbonyl (C=O) groups excluding carboxylic acids is 1. The van der Waals surface area contributed by atoms with E-state index in [0.717, 1.165) is 5.56 Å². The number of hydrogen-bond acceptors (Lipinski definition) is 2. The van der Waals surface area contributed by atoms with Crippen molar-refractivity contribution in [2.45, 2.75) is 52.0 Å². The summed E-state index contributed by atoms with van der Waals surface area (Å²) in [5.41, 5.74) is 1.70. The fourth-order valence-corrected chi connectivity index (χ4v) is 1.79. The van der Waals surface area contributed by atoms with Crippen molar-refractivity contribution in [3.8, 4) is 5.75 Å². The Morgan fingerprint density at radius 2 is 1.78 bits per heavy atom. The highest BCUT2D eigenvalue weighted by Crippen LogP contribution is 2.27. The molecule has 100 valence electrons. The van der Waals surface area contributed by atoms with Crippen LogP contribution in [0.1, 0.15) is 56.5 Å². The van der Waals surface area contributed by atoms with Crippen LogP contribution in [0.3, 0.4) is 0 Å². The van der Waals surface area contributed by atoms with Crippen molar-refractivity contribution in [2.24, 2.45) is 0 Å². The fourth-order valence-electron chi connectivity index (χ4n) is 1.67. The minimum absolute atomic E-state index is 0.0343. The van der Waals surface area contributed by atoms with Crippen LogP contribution < -0.4 is 4.74 Å². The average molecular weight is 269 g/mol. The molecular formula is C15H21ClO2. The highest BCUT2D eigenvalue weighted by molar-refractivity contribution is 6.33. The van der Waals surface area contributed by atoms with Gasteiger partial charge in [-0.2, -0.15) is 0 Å². The largest absolute Gasteiger partial charge is 0.490 e. The van der Waals surface area contributed by atoms with Crippen molar-refractivity contribution >= 4 is 17.4 Å². The number of rotatable bonds is 5. The van der Waals surface area contributed by atoms with Gasteiger partial charge in [-0.15, -0.1) is 11.6 Å². The van der Waals surface area contributed by atoms with Gasteiger partial charge in [-0.25, -0.2) is 0 Å². The number of halogens is 1. The lowest BCUT2D eigenvalue weighted by Crippen LogP contribution is -2.15. The molecule has 0 aliphatic carbocycles. The van der Waals surface area contributed by atoms with Gasteiger partial charge in [0.2, 0.25) is 0 Å². The van der Waals surface area contributed by atoms with Crippen LogP contribution in [0.25, 0.3) is 0 Å². The zero-order valence-corrected chi connectivity index (χ0v) is 12.4. The van der Waals surface area contributed by atoms with Crippen LogP contribution in [-0.4, -0.2) is 17.3 Å². The molecule has 0 aromatic heterocycles. The average Bonchev–Trinajstić information content (AvgIpc) is 2.27. The molecule has 1 rings (SSSR count). The van der Waals surface area contributed by atoms with Crippen LogP contribution in [0.2, 0.25) is 0 Å². The molecule has 0 spiro atoms. The summed E-state index contributed by atoms with van der Waals surface area (Å²) in [7, 11) is 0. The summed E-state index contributed by atoms with van der Waals surface area (Å²) in [6.07, 6.45) is 0.0343. The molecule has 0 saturated heterocycles. The quantitative estimate of drug-likeness (QED) is 0.584. The van der Waals surface area contributed by atoms with E-state index in [-0.39, 0.29) is 11.9 Å². The molecule has 0 aliphatic heterocycles. The summed E-state index contributed by atoms with van der Waals surface area (Å²) in [5, 5.41) is -0.540. The van der Waals surface area contributed by atoms with Gasteiger partial charge >= 0.3 is 0 Å². The van der Waals surface area contributed by atoms with E-state index in [4.69, 9.17) is 16.3 Å². The topological polar surface area (TPSA) is 26.3 Å². The molecule has 3 heteroatoms. The molecule has 0 amide bonds. The van der Waals surface area contributed by atoms with E-state index in [9.17, 15) is 4.79 Å². The first-order chi connectivity index (χ1) is 8.32. The second-order valence-corrected chi connectivity index (χ2v) is 5.71. The molecule has 1 aromatic carbocycles. The third-order valence-electron chi connectivity index (χ3n) is 2.66. The molecular weight excluding hydrogens is 248 g/mol. The van der Waals surface area contributed by atoms with Crippen molar-refractivity contribution in [1.29, 1.82) is 0 Å². The van der Waals surface area contributed by atoms with Crippen molar-refractivity contribution < 1.29 is 9.53 Å². The van der Waals surface area contributed by atoms with Gasteiger partial charge in [0.05, 0.1) is 17.0 Å². The Morgan fingerprint density at radius 3 is 2.22 bits per heavy atom. The van der Waals surface area contributed by atoms with Crippen molar-refractivity contribution in [3.05, 3.63) is 29.3 Å². The summed E-state index contributed by atoms with van der Waals surface area (Å²) in [4.78, 5) is 12.1. The van der Waals surface area contributed by atoms with E-state index >= 15 is 0 Å². The van der Waals surface area contributed by atoms with Crippen LogP contribution in [-0.2, 0) is 0 Å². The Labute approximate surface area is 114 Å². The Bertz CT molecular complexity index is 423. The van der Waals surface area contributed by atoms with Gasteiger partial charge in [-0.05, 0) is 44.4 Å². The zero-order valence-electron chi connectivity index (χ0n) is 11.7. The SMILES string of the molecule is CC(C)Oc1ccc(C(C)C)cc1C(=O)C(C)Cl. The molecule has 0 radical (unpaired) electrons. The number of benzene rings is 1. The lowest BCUT2D eigenvalue weighted by Gasteiger charge is -2.16. The number of Topliss-reactive ketones (excluding diaryl/α,β-unsaturated/α-hetero) is 1. The van der Waals surface area contributed by atoms with E-state index < -0.39 is 5.38 Å². The summed E-state index contributed by atoms with van der Waals surface area (Å²) in [5.74, 6) is 0.900. The van der Waals surface area contributed by atoms with Crippen LogP contribution >= 0.6 is 11.6 Å². The number of ketones is 1. The van der Waals surface area contributed by atoms with Gasteiger partial charge in [0, 0.05) is 0 Å². The second-order valence-electron chi connectivity index (χ2n) is 5.06. The molecule has 1 atom stereocenters. The highest BCUT2D eigenvalue weighted by Gasteiger charge is 2.19. The van der Waals surface area contributed by atoms with E-state index in [0.29, 0.717) is 17.2 Å². The molecule has 1 unspecified atom stereocenters. The van der Waals surface area contributed by atoms with Crippen molar-refractivity contribution in [2.75, 3.05) is 0 Å². The fraction of sp³-hybridized carbons (Fsp3) is 0.533. The van der Waals surface area contributed by atoms with Gasteiger partial charge in [-0.1, -0.05) is 19.9 Å². The first-order valence-corrected chi connectivity index (χ1v) is 6.75. The maximum Gasteiger partial charge on any atom is 0.184 e. The lowest BCUT2D eigenvalue weighted by molar-refractivity contribution is 0.0986. The van der Waals surface area contributed by atoms with E-state index in [1.807, 2.05) is 32.0 Å². The normalized spacial score (nSPS) is 12.9. The molecule has 0 heterocycles. The Balaban J connectivity index is 3.22. The summed E-state index contributed by atoms with van der Waals surface area (Å²) < 4.78 is 5.67. The number of alkyl halides is 1. The molecule has 2 nitrogen and oxygen atoms in total. The molecule has 18 heavy (non-hydrogen) atoms. The second kappa shape index (κ2) is 6.24. The standard InChI is InChI=1S/C15H21ClO2/c1-9(2)12-6-7-14(18-10(3)4)13(8-12)15(17)11(5)16/h6-11H,1-5H3. The van der Waals surface area contributed by atoms with E-state index in [1.165, 1.54) is 0 Å². The molecule has 0 aliphatic rings.